The van der Waals surface area contributed by atoms with Gasteiger partial charge in [0, 0.05) is 37.2 Å². The van der Waals surface area contributed by atoms with Crippen LogP contribution in [-0.2, 0) is 13.2 Å². The molecular weight excluding hydrogens is 432 g/mol. The lowest BCUT2D eigenvalue weighted by Gasteiger charge is -2.34. The van der Waals surface area contributed by atoms with Crippen molar-refractivity contribution in [1.29, 1.82) is 0 Å². The minimum atomic E-state index is -0.0562. The Morgan fingerprint density at radius 1 is 0.931 bits per heavy atom. The maximum atomic E-state index is 12.8. The molecule has 0 saturated carbocycles. The molecule has 0 aliphatic carbocycles. The molecule has 6 heteroatoms. The lowest BCUT2D eigenvalue weighted by molar-refractivity contribution is 0.0594. The molecule has 0 atom stereocenters. The Kier molecular flexibility index (Phi) is 6.32. The van der Waals surface area contributed by atoms with Crippen molar-refractivity contribution in [2.75, 3.05) is 26.2 Å². The van der Waals surface area contributed by atoms with Crippen molar-refractivity contribution < 1.29 is 13.9 Å². The monoisotopic (exact) mass is 454 g/mol. The van der Waals surface area contributed by atoms with Gasteiger partial charge in [0.1, 0.15) is 18.1 Å². The van der Waals surface area contributed by atoms with E-state index in [1.165, 1.54) is 5.56 Å². The molecule has 0 unspecified atom stereocenters. The number of hydrogen-bond donors (Lipinski definition) is 0. The molecule has 2 aromatic carbocycles. The first-order chi connectivity index (χ1) is 14.2. The summed E-state index contributed by atoms with van der Waals surface area (Å²) in [4.78, 5) is 17.0. The third-order valence-electron chi connectivity index (χ3n) is 4.98. The molecule has 3 aromatic rings. The van der Waals surface area contributed by atoms with Gasteiger partial charge in [-0.25, -0.2) is 0 Å². The van der Waals surface area contributed by atoms with Gasteiger partial charge in [0.05, 0.1) is 0 Å². The first kappa shape index (κ1) is 19.7. The number of ether oxygens (including phenoxy) is 1. The Hall–Kier alpha value is -2.57. The van der Waals surface area contributed by atoms with Crippen LogP contribution in [0.3, 0.4) is 0 Å². The Bertz CT molecular complexity index is 932. The second-order valence-corrected chi connectivity index (χ2v) is 7.98. The Balaban J connectivity index is 1.27. The number of benzene rings is 2. The van der Waals surface area contributed by atoms with Gasteiger partial charge in [-0.2, -0.15) is 0 Å². The van der Waals surface area contributed by atoms with Crippen molar-refractivity contribution in [1.82, 2.24) is 9.80 Å². The van der Waals surface area contributed by atoms with Crippen molar-refractivity contribution >= 4 is 21.8 Å². The smallest absolute Gasteiger partial charge is 0.289 e. The summed E-state index contributed by atoms with van der Waals surface area (Å²) < 4.78 is 12.4. The number of furan rings is 1. The van der Waals surface area contributed by atoms with E-state index >= 15 is 0 Å². The third kappa shape index (κ3) is 5.28. The zero-order valence-corrected chi connectivity index (χ0v) is 17.7. The number of hydrogen-bond acceptors (Lipinski definition) is 4. The van der Waals surface area contributed by atoms with Gasteiger partial charge in [-0.1, -0.05) is 46.3 Å². The van der Waals surface area contributed by atoms with Gasteiger partial charge in [-0.05, 0) is 42.0 Å². The lowest BCUT2D eigenvalue weighted by Crippen LogP contribution is -2.48. The molecule has 0 N–H and O–H groups in total. The Morgan fingerprint density at radius 2 is 1.66 bits per heavy atom. The first-order valence-electron chi connectivity index (χ1n) is 9.70. The quantitative estimate of drug-likeness (QED) is 0.546. The van der Waals surface area contributed by atoms with E-state index in [0.29, 0.717) is 31.2 Å². The molecule has 0 spiro atoms. The fraction of sp³-hybridized carbons (Fsp3) is 0.261. The van der Waals surface area contributed by atoms with Crippen LogP contribution in [0.5, 0.6) is 5.75 Å². The summed E-state index contributed by atoms with van der Waals surface area (Å²) in [6.07, 6.45) is 0. The van der Waals surface area contributed by atoms with E-state index in [0.717, 1.165) is 29.9 Å². The van der Waals surface area contributed by atoms with Crippen molar-refractivity contribution in [2.45, 2.75) is 13.2 Å². The van der Waals surface area contributed by atoms with Crippen LogP contribution in [0.25, 0.3) is 0 Å². The van der Waals surface area contributed by atoms with Gasteiger partial charge in [0.15, 0.2) is 5.76 Å². The molecule has 1 aliphatic rings. The highest BCUT2D eigenvalue weighted by Crippen LogP contribution is 2.19. The SMILES string of the molecule is O=C(c1ccc(COc2ccc(Br)cc2)o1)N1CCN(Cc2ccccc2)CC1. The molecule has 0 bridgehead atoms. The first-order valence-corrected chi connectivity index (χ1v) is 10.5. The van der Waals surface area contributed by atoms with E-state index in [-0.39, 0.29) is 5.91 Å². The average Bonchev–Trinajstić information content (AvgIpc) is 3.23. The highest BCUT2D eigenvalue weighted by molar-refractivity contribution is 9.10. The molecule has 1 aromatic heterocycles. The second-order valence-electron chi connectivity index (χ2n) is 7.06. The minimum absolute atomic E-state index is 0.0562. The fourth-order valence-corrected chi connectivity index (χ4v) is 3.63. The number of amides is 1. The molecule has 1 aliphatic heterocycles. The number of piperazine rings is 1. The Morgan fingerprint density at radius 3 is 2.38 bits per heavy atom. The maximum Gasteiger partial charge on any atom is 0.289 e. The molecular formula is C23H23BrN2O3. The summed E-state index contributed by atoms with van der Waals surface area (Å²) in [5.41, 5.74) is 1.30. The van der Waals surface area contributed by atoms with Gasteiger partial charge in [0.2, 0.25) is 0 Å². The molecule has 0 radical (unpaired) electrons. The van der Waals surface area contributed by atoms with Gasteiger partial charge >= 0.3 is 0 Å². The summed E-state index contributed by atoms with van der Waals surface area (Å²) in [5.74, 6) is 1.71. The minimum Gasteiger partial charge on any atom is -0.486 e. The highest BCUT2D eigenvalue weighted by atomic mass is 79.9. The summed E-state index contributed by atoms with van der Waals surface area (Å²) >= 11 is 3.40. The molecule has 2 heterocycles. The number of carbonyl (C=O) groups is 1. The van der Waals surface area contributed by atoms with Crippen LogP contribution in [0.4, 0.5) is 0 Å². The van der Waals surface area contributed by atoms with Gasteiger partial charge in [-0.3, -0.25) is 9.69 Å². The van der Waals surface area contributed by atoms with E-state index < -0.39 is 0 Å². The molecule has 1 amide bonds. The number of carbonyl (C=O) groups excluding carboxylic acids is 1. The number of rotatable bonds is 6. The normalized spacial score (nSPS) is 14.7. The Labute approximate surface area is 179 Å². The van der Waals surface area contributed by atoms with Gasteiger partial charge in [-0.15, -0.1) is 0 Å². The fourth-order valence-electron chi connectivity index (χ4n) is 3.36. The molecule has 150 valence electrons. The van der Waals surface area contributed by atoms with E-state index in [1.807, 2.05) is 35.2 Å². The molecule has 1 saturated heterocycles. The standard InChI is InChI=1S/C23H23BrN2O3/c24-19-6-8-20(9-7-19)28-17-21-10-11-22(29-21)23(27)26-14-12-25(13-15-26)16-18-4-2-1-3-5-18/h1-11H,12-17H2. The van der Waals surface area contributed by atoms with Crippen LogP contribution in [0.15, 0.2) is 75.6 Å². The summed E-state index contributed by atoms with van der Waals surface area (Å²) in [5, 5.41) is 0. The third-order valence-corrected chi connectivity index (χ3v) is 5.50. The van der Waals surface area contributed by atoms with E-state index in [9.17, 15) is 4.79 Å². The van der Waals surface area contributed by atoms with Crippen molar-refractivity contribution in [3.8, 4) is 5.75 Å². The second kappa shape index (κ2) is 9.29. The van der Waals surface area contributed by atoms with E-state index in [2.05, 4.69) is 45.1 Å². The van der Waals surface area contributed by atoms with Crippen LogP contribution >= 0.6 is 15.9 Å². The molecule has 29 heavy (non-hydrogen) atoms. The lowest BCUT2D eigenvalue weighted by atomic mass is 10.2. The van der Waals surface area contributed by atoms with Crippen LogP contribution < -0.4 is 4.74 Å². The average molecular weight is 455 g/mol. The van der Waals surface area contributed by atoms with Crippen molar-refractivity contribution in [3.63, 3.8) is 0 Å². The predicted molar refractivity (Wildman–Crippen MR) is 115 cm³/mol. The molecule has 1 fully saturated rings. The maximum absolute atomic E-state index is 12.8. The van der Waals surface area contributed by atoms with E-state index in [1.54, 1.807) is 12.1 Å². The van der Waals surface area contributed by atoms with Crippen LogP contribution in [0.2, 0.25) is 0 Å². The number of halogens is 1. The summed E-state index contributed by atoms with van der Waals surface area (Å²) in [6, 6.07) is 21.6. The molecule has 4 rings (SSSR count). The zero-order chi connectivity index (χ0) is 20.1. The van der Waals surface area contributed by atoms with Crippen LogP contribution in [-0.4, -0.2) is 41.9 Å². The topological polar surface area (TPSA) is 45.9 Å². The largest absolute Gasteiger partial charge is 0.486 e. The van der Waals surface area contributed by atoms with Gasteiger partial charge in [0.25, 0.3) is 5.91 Å². The van der Waals surface area contributed by atoms with Crippen LogP contribution in [0, 0.1) is 0 Å². The summed E-state index contributed by atoms with van der Waals surface area (Å²) in [7, 11) is 0. The van der Waals surface area contributed by atoms with Crippen molar-refractivity contribution in [2.24, 2.45) is 0 Å². The molecule has 5 nitrogen and oxygen atoms in total. The number of nitrogens with zero attached hydrogens (tertiary/aromatic N) is 2. The van der Waals surface area contributed by atoms with Crippen LogP contribution in [0.1, 0.15) is 21.9 Å². The summed E-state index contributed by atoms with van der Waals surface area (Å²) in [6.45, 7) is 4.34. The predicted octanol–water partition coefficient (Wildman–Crippen LogP) is 4.58. The van der Waals surface area contributed by atoms with Crippen molar-refractivity contribution in [3.05, 3.63) is 88.3 Å². The van der Waals surface area contributed by atoms with E-state index in [4.69, 9.17) is 9.15 Å². The highest BCUT2D eigenvalue weighted by Gasteiger charge is 2.24. The van der Waals surface area contributed by atoms with Gasteiger partial charge < -0.3 is 14.1 Å². The zero-order valence-electron chi connectivity index (χ0n) is 16.1.